The molecular weight excluding hydrogens is 384 g/mol. The molecule has 0 heterocycles. The van der Waals surface area contributed by atoms with Gasteiger partial charge >= 0.3 is 0 Å². The van der Waals surface area contributed by atoms with Crippen LogP contribution < -0.4 is 10.1 Å². The lowest BCUT2D eigenvalue weighted by Crippen LogP contribution is -2.49. The van der Waals surface area contributed by atoms with E-state index >= 15 is 0 Å². The van der Waals surface area contributed by atoms with E-state index in [-0.39, 0.29) is 23.6 Å². The number of amides is 2. The lowest BCUT2D eigenvalue weighted by Gasteiger charge is -2.29. The van der Waals surface area contributed by atoms with Gasteiger partial charge in [0.15, 0.2) is 0 Å². The highest BCUT2D eigenvalue weighted by molar-refractivity contribution is 8.00. The molecule has 0 spiro atoms. The van der Waals surface area contributed by atoms with Crippen molar-refractivity contribution in [2.24, 2.45) is 0 Å². The van der Waals surface area contributed by atoms with Gasteiger partial charge in [0.05, 0.1) is 12.9 Å². The zero-order chi connectivity index (χ0) is 21.4. The number of thioether (sulfide) groups is 1. The lowest BCUT2D eigenvalue weighted by molar-refractivity contribution is -0.138. The van der Waals surface area contributed by atoms with Gasteiger partial charge in [-0.3, -0.25) is 9.59 Å². The van der Waals surface area contributed by atoms with E-state index in [1.165, 1.54) is 17.3 Å². The van der Waals surface area contributed by atoms with Crippen LogP contribution in [-0.2, 0) is 16.1 Å². The average Bonchev–Trinajstić information content (AvgIpc) is 2.70. The Morgan fingerprint density at radius 1 is 1.03 bits per heavy atom. The first kappa shape index (κ1) is 22.8. The molecule has 1 unspecified atom stereocenters. The van der Waals surface area contributed by atoms with Crippen molar-refractivity contribution < 1.29 is 14.3 Å². The fraction of sp³-hybridized carbons (Fsp3) is 0.391. The molecule has 0 saturated carbocycles. The van der Waals surface area contributed by atoms with Crippen molar-refractivity contribution in [3.05, 3.63) is 59.7 Å². The lowest BCUT2D eigenvalue weighted by atomic mass is 10.1. The normalized spacial score (nSPS) is 11.8. The van der Waals surface area contributed by atoms with Crippen LogP contribution in [0.3, 0.4) is 0 Å². The van der Waals surface area contributed by atoms with Gasteiger partial charge in [-0.2, -0.15) is 0 Å². The molecule has 0 saturated heterocycles. The number of ether oxygens (including phenoxy) is 1. The van der Waals surface area contributed by atoms with Gasteiger partial charge in [-0.25, -0.2) is 0 Å². The summed E-state index contributed by atoms with van der Waals surface area (Å²) in [5.41, 5.74) is 2.13. The maximum Gasteiger partial charge on any atom is 0.242 e. The van der Waals surface area contributed by atoms with Gasteiger partial charge in [0.1, 0.15) is 11.8 Å². The number of benzene rings is 2. The maximum absolute atomic E-state index is 13.0. The summed E-state index contributed by atoms with van der Waals surface area (Å²) in [7, 11) is 1.62. The number of carbonyl (C=O) groups is 2. The fourth-order valence-electron chi connectivity index (χ4n) is 2.78. The molecule has 6 heteroatoms. The summed E-state index contributed by atoms with van der Waals surface area (Å²) >= 11 is 1.48. The number of rotatable bonds is 9. The molecule has 0 fully saturated rings. The third-order valence-electron chi connectivity index (χ3n) is 4.49. The second-order valence-electron chi connectivity index (χ2n) is 7.31. The molecule has 0 aliphatic carbocycles. The van der Waals surface area contributed by atoms with E-state index in [1.54, 1.807) is 18.9 Å². The Morgan fingerprint density at radius 2 is 1.66 bits per heavy atom. The van der Waals surface area contributed by atoms with Crippen molar-refractivity contribution in [3.8, 4) is 5.75 Å². The summed E-state index contributed by atoms with van der Waals surface area (Å²) in [5.74, 6) is 0.811. The zero-order valence-electron chi connectivity index (χ0n) is 17.8. The Kier molecular flexibility index (Phi) is 8.58. The minimum absolute atomic E-state index is 0.0184. The predicted octanol–water partition coefficient (Wildman–Crippen LogP) is 4.04. The standard InChI is InChI=1S/C23H30N2O3S/c1-16(2)24-23(27)18(4)25(14-19-8-10-20(28-5)11-9-19)22(26)15-29-21-12-6-17(3)7-13-21/h6-13,16,18H,14-15H2,1-5H3,(H,24,27). The molecule has 2 aromatic carbocycles. The Labute approximate surface area is 177 Å². The molecule has 2 rings (SSSR count). The molecule has 0 aliphatic rings. The molecule has 0 aromatic heterocycles. The van der Waals surface area contributed by atoms with Crippen molar-refractivity contribution in [1.29, 1.82) is 0 Å². The number of hydrogen-bond donors (Lipinski definition) is 1. The molecule has 2 aromatic rings. The first-order valence-electron chi connectivity index (χ1n) is 9.72. The Morgan fingerprint density at radius 3 is 2.21 bits per heavy atom. The Balaban J connectivity index is 2.13. The van der Waals surface area contributed by atoms with Crippen LogP contribution in [0, 0.1) is 6.92 Å². The van der Waals surface area contributed by atoms with Crippen molar-refractivity contribution in [2.45, 2.75) is 51.2 Å². The average molecular weight is 415 g/mol. The first-order valence-corrected chi connectivity index (χ1v) is 10.7. The van der Waals surface area contributed by atoms with E-state index in [1.807, 2.05) is 69.3 Å². The highest BCUT2D eigenvalue weighted by Crippen LogP contribution is 2.21. The van der Waals surface area contributed by atoms with Crippen LogP contribution in [0.5, 0.6) is 5.75 Å². The van der Waals surface area contributed by atoms with Crippen LogP contribution in [0.25, 0.3) is 0 Å². The van der Waals surface area contributed by atoms with Crippen LogP contribution in [-0.4, -0.2) is 41.7 Å². The smallest absolute Gasteiger partial charge is 0.242 e. The van der Waals surface area contributed by atoms with Gasteiger partial charge < -0.3 is 15.0 Å². The van der Waals surface area contributed by atoms with E-state index in [9.17, 15) is 9.59 Å². The summed E-state index contributed by atoms with van der Waals surface area (Å²) in [5, 5.41) is 2.90. The summed E-state index contributed by atoms with van der Waals surface area (Å²) in [6.45, 7) is 7.99. The number of carbonyl (C=O) groups excluding carboxylic acids is 2. The quantitative estimate of drug-likeness (QED) is 0.629. The van der Waals surface area contributed by atoms with Crippen LogP contribution >= 0.6 is 11.8 Å². The second kappa shape index (κ2) is 10.9. The molecule has 1 atom stereocenters. The number of nitrogens with zero attached hydrogens (tertiary/aromatic N) is 1. The van der Waals surface area contributed by atoms with Crippen molar-refractivity contribution in [3.63, 3.8) is 0 Å². The van der Waals surface area contributed by atoms with Gasteiger partial charge in [0.25, 0.3) is 0 Å². The summed E-state index contributed by atoms with van der Waals surface area (Å²) < 4.78 is 5.20. The Hall–Kier alpha value is -2.47. The summed E-state index contributed by atoms with van der Waals surface area (Å²) in [6, 6.07) is 15.1. The topological polar surface area (TPSA) is 58.6 Å². The molecular formula is C23H30N2O3S. The SMILES string of the molecule is COc1ccc(CN(C(=O)CSc2ccc(C)cc2)C(C)C(=O)NC(C)C)cc1. The van der Waals surface area contributed by atoms with E-state index in [2.05, 4.69) is 5.32 Å². The third kappa shape index (κ3) is 7.13. The first-order chi connectivity index (χ1) is 13.8. The monoisotopic (exact) mass is 414 g/mol. The van der Waals surface area contributed by atoms with Crippen molar-refractivity contribution >= 4 is 23.6 Å². The zero-order valence-corrected chi connectivity index (χ0v) is 18.6. The van der Waals surface area contributed by atoms with E-state index < -0.39 is 6.04 Å². The molecule has 0 aliphatic heterocycles. The fourth-order valence-corrected chi connectivity index (χ4v) is 3.56. The number of methoxy groups -OCH3 is 1. The van der Waals surface area contributed by atoms with Crippen molar-refractivity contribution in [2.75, 3.05) is 12.9 Å². The summed E-state index contributed by atoms with van der Waals surface area (Å²) in [6.07, 6.45) is 0. The maximum atomic E-state index is 13.0. The number of hydrogen-bond acceptors (Lipinski definition) is 4. The number of aryl methyl sites for hydroxylation is 1. The molecule has 29 heavy (non-hydrogen) atoms. The second-order valence-corrected chi connectivity index (χ2v) is 8.36. The van der Waals surface area contributed by atoms with Crippen LogP contribution in [0.1, 0.15) is 31.9 Å². The molecule has 0 bridgehead atoms. The predicted molar refractivity (Wildman–Crippen MR) is 118 cm³/mol. The minimum atomic E-state index is -0.564. The molecule has 2 amide bonds. The largest absolute Gasteiger partial charge is 0.497 e. The van der Waals surface area contributed by atoms with E-state index in [0.717, 1.165) is 16.2 Å². The third-order valence-corrected chi connectivity index (χ3v) is 5.49. The molecule has 1 N–H and O–H groups in total. The van der Waals surface area contributed by atoms with Gasteiger partial charge in [-0.1, -0.05) is 29.8 Å². The van der Waals surface area contributed by atoms with Gasteiger partial charge in [-0.15, -0.1) is 11.8 Å². The number of nitrogens with one attached hydrogen (secondary N) is 1. The minimum Gasteiger partial charge on any atom is -0.497 e. The van der Waals surface area contributed by atoms with Gasteiger partial charge in [0.2, 0.25) is 11.8 Å². The van der Waals surface area contributed by atoms with E-state index in [4.69, 9.17) is 4.74 Å². The highest BCUT2D eigenvalue weighted by Gasteiger charge is 2.26. The van der Waals surface area contributed by atoms with Gasteiger partial charge in [-0.05, 0) is 57.5 Å². The van der Waals surface area contributed by atoms with Crippen LogP contribution in [0.15, 0.2) is 53.4 Å². The van der Waals surface area contributed by atoms with Crippen LogP contribution in [0.2, 0.25) is 0 Å². The van der Waals surface area contributed by atoms with Crippen molar-refractivity contribution in [1.82, 2.24) is 10.2 Å². The van der Waals surface area contributed by atoms with Crippen LogP contribution in [0.4, 0.5) is 0 Å². The van der Waals surface area contributed by atoms with Gasteiger partial charge in [0, 0.05) is 17.5 Å². The molecule has 156 valence electrons. The summed E-state index contributed by atoms with van der Waals surface area (Å²) in [4.78, 5) is 28.3. The highest BCUT2D eigenvalue weighted by atomic mass is 32.2. The molecule has 0 radical (unpaired) electrons. The Bertz CT molecular complexity index is 804. The van der Waals surface area contributed by atoms with E-state index in [0.29, 0.717) is 6.54 Å². The molecule has 5 nitrogen and oxygen atoms in total.